The predicted octanol–water partition coefficient (Wildman–Crippen LogP) is 6.05. The molecule has 0 bridgehead atoms. The third kappa shape index (κ3) is 13.0. The standard InChI is InChI=1S/C10H13IN2O3.C6H3FINO2.C5H12O/c1-12(5-6-16-2)9-4-3-8(11)7-10(9)13(14)15;7-5-2-1-4(8)3-6(5)9(10)11;1-3-4-5-6-2/h3-4,7H,5-6H2,1-2H3;1-3H;3-5H2,1-2H3. The highest BCUT2D eigenvalue weighted by Crippen LogP contribution is 2.28. The van der Waals surface area contributed by atoms with Gasteiger partial charge in [0.25, 0.3) is 5.69 Å². The van der Waals surface area contributed by atoms with Gasteiger partial charge in [-0.25, -0.2) is 0 Å². The number of hydrogen-bond acceptors (Lipinski definition) is 7. The summed E-state index contributed by atoms with van der Waals surface area (Å²) >= 11 is 3.94. The van der Waals surface area contributed by atoms with Crippen molar-refractivity contribution in [3.63, 3.8) is 0 Å². The van der Waals surface area contributed by atoms with E-state index >= 15 is 0 Å². The molecule has 0 aliphatic carbocycles. The molecule has 0 saturated carbocycles. The number of nitro benzene ring substituents is 2. The molecule has 0 unspecified atom stereocenters. The third-order valence-electron chi connectivity index (χ3n) is 3.98. The fourth-order valence-corrected chi connectivity index (χ4v) is 3.18. The second kappa shape index (κ2) is 17.8. The van der Waals surface area contributed by atoms with Gasteiger partial charge in [0.15, 0.2) is 0 Å². The Labute approximate surface area is 220 Å². The molecule has 0 aliphatic rings. The Bertz CT molecular complexity index is 885. The van der Waals surface area contributed by atoms with Crippen LogP contribution < -0.4 is 4.90 Å². The Kier molecular flexibility index (Phi) is 16.9. The number of rotatable bonds is 9. The van der Waals surface area contributed by atoms with Crippen LogP contribution >= 0.6 is 45.2 Å². The second-order valence-corrected chi connectivity index (χ2v) is 8.99. The Morgan fingerprint density at radius 2 is 1.45 bits per heavy atom. The lowest BCUT2D eigenvalue weighted by Crippen LogP contribution is -2.22. The molecule has 0 amide bonds. The van der Waals surface area contributed by atoms with Crippen molar-refractivity contribution in [2.75, 3.05) is 45.9 Å². The van der Waals surface area contributed by atoms with Gasteiger partial charge in [0, 0.05) is 53.7 Å². The van der Waals surface area contributed by atoms with Gasteiger partial charge in [-0.15, -0.1) is 0 Å². The van der Waals surface area contributed by atoms with Gasteiger partial charge in [-0.3, -0.25) is 20.2 Å². The van der Waals surface area contributed by atoms with Gasteiger partial charge in [-0.05, 0) is 75.9 Å². The van der Waals surface area contributed by atoms with Crippen LogP contribution in [0.2, 0.25) is 0 Å². The highest BCUT2D eigenvalue weighted by atomic mass is 127. The summed E-state index contributed by atoms with van der Waals surface area (Å²) in [6, 6.07) is 8.93. The summed E-state index contributed by atoms with van der Waals surface area (Å²) < 4.78 is 23.8. The smallest absolute Gasteiger partial charge is 0.305 e. The normalized spacial score (nSPS) is 9.79. The zero-order chi connectivity index (χ0) is 25.4. The van der Waals surface area contributed by atoms with E-state index in [2.05, 4.69) is 29.5 Å². The number of benzene rings is 2. The molecule has 0 N–H and O–H groups in total. The van der Waals surface area contributed by atoms with Gasteiger partial charge >= 0.3 is 5.69 Å². The first kappa shape index (κ1) is 31.4. The maximum Gasteiger partial charge on any atom is 0.305 e. The van der Waals surface area contributed by atoms with Crippen molar-refractivity contribution in [1.29, 1.82) is 0 Å². The minimum atomic E-state index is -0.796. The maximum absolute atomic E-state index is 12.6. The van der Waals surface area contributed by atoms with Gasteiger partial charge < -0.3 is 14.4 Å². The molecule has 0 atom stereocenters. The van der Waals surface area contributed by atoms with E-state index in [9.17, 15) is 24.6 Å². The van der Waals surface area contributed by atoms with E-state index in [0.717, 1.165) is 16.2 Å². The average Bonchev–Trinajstić information content (AvgIpc) is 2.78. The summed E-state index contributed by atoms with van der Waals surface area (Å²) in [4.78, 5) is 21.8. The molecular formula is C21H28FI2N3O6. The van der Waals surface area contributed by atoms with Crippen LogP contribution in [0.1, 0.15) is 19.8 Å². The lowest BCUT2D eigenvalue weighted by Gasteiger charge is -2.18. The summed E-state index contributed by atoms with van der Waals surface area (Å²) in [5.41, 5.74) is 0.268. The van der Waals surface area contributed by atoms with Gasteiger partial charge in [0.1, 0.15) is 5.69 Å². The number of likely N-dealkylation sites (N-methyl/N-ethyl adjacent to an activating group) is 1. The fourth-order valence-electron chi connectivity index (χ4n) is 2.23. The molecule has 0 heterocycles. The van der Waals surface area contributed by atoms with Crippen LogP contribution in [0, 0.1) is 33.2 Å². The molecule has 0 spiro atoms. The molecule has 0 saturated heterocycles. The summed E-state index contributed by atoms with van der Waals surface area (Å²) in [5.74, 6) is -0.796. The SMILES string of the molecule is CCCCOC.COCCN(C)c1ccc(I)cc1[N+](=O)[O-].O=[N+]([O-])c1cc(I)ccc1F. The summed E-state index contributed by atoms with van der Waals surface area (Å²) in [6.45, 7) is 4.23. The zero-order valence-electron chi connectivity index (χ0n) is 18.9. The number of hydrogen-bond donors (Lipinski definition) is 0. The Morgan fingerprint density at radius 1 is 0.939 bits per heavy atom. The topological polar surface area (TPSA) is 108 Å². The highest BCUT2D eigenvalue weighted by molar-refractivity contribution is 14.1. The molecule has 33 heavy (non-hydrogen) atoms. The van der Waals surface area contributed by atoms with Gasteiger partial charge in [-0.1, -0.05) is 13.3 Å². The molecule has 2 rings (SSSR count). The summed E-state index contributed by atoms with van der Waals surface area (Å²) in [6.07, 6.45) is 2.42. The van der Waals surface area contributed by atoms with E-state index in [1.165, 1.54) is 25.0 Å². The van der Waals surface area contributed by atoms with Crippen molar-refractivity contribution in [3.05, 3.63) is 69.6 Å². The molecule has 9 nitrogen and oxygen atoms in total. The van der Waals surface area contributed by atoms with Gasteiger partial charge in [0.2, 0.25) is 5.82 Å². The number of ether oxygens (including phenoxy) is 2. The van der Waals surface area contributed by atoms with Crippen LogP contribution in [-0.2, 0) is 9.47 Å². The Hall–Kier alpha value is -1.65. The lowest BCUT2D eigenvalue weighted by molar-refractivity contribution is -0.387. The van der Waals surface area contributed by atoms with E-state index in [0.29, 0.717) is 22.4 Å². The van der Waals surface area contributed by atoms with Gasteiger partial charge in [0.05, 0.1) is 16.5 Å². The molecule has 0 fully saturated rings. The molecular weight excluding hydrogens is 663 g/mol. The number of methoxy groups -OCH3 is 2. The minimum absolute atomic E-state index is 0.130. The van der Waals surface area contributed by atoms with Crippen molar-refractivity contribution in [3.8, 4) is 0 Å². The Balaban J connectivity index is 0.000000520. The number of nitro groups is 2. The number of anilines is 1. The molecule has 0 radical (unpaired) electrons. The molecule has 12 heteroatoms. The van der Waals surface area contributed by atoms with Crippen molar-refractivity contribution >= 4 is 62.2 Å². The van der Waals surface area contributed by atoms with Crippen LogP contribution in [0.15, 0.2) is 36.4 Å². The first-order valence-corrected chi connectivity index (χ1v) is 12.0. The molecule has 0 aromatic heterocycles. The van der Waals surface area contributed by atoms with Crippen molar-refractivity contribution in [1.82, 2.24) is 0 Å². The largest absolute Gasteiger partial charge is 0.385 e. The summed E-state index contributed by atoms with van der Waals surface area (Å²) in [5, 5.41) is 21.0. The average molecular weight is 691 g/mol. The van der Waals surface area contributed by atoms with Crippen LogP contribution in [0.25, 0.3) is 0 Å². The molecule has 184 valence electrons. The molecule has 2 aromatic rings. The zero-order valence-corrected chi connectivity index (χ0v) is 23.2. The quantitative estimate of drug-likeness (QED) is 0.136. The number of nitrogens with zero attached hydrogens (tertiary/aromatic N) is 3. The monoisotopic (exact) mass is 691 g/mol. The fraction of sp³-hybridized carbons (Fsp3) is 0.429. The summed E-state index contributed by atoms with van der Waals surface area (Å²) in [7, 11) is 5.15. The second-order valence-electron chi connectivity index (χ2n) is 6.50. The van der Waals surface area contributed by atoms with E-state index in [1.54, 1.807) is 26.4 Å². The highest BCUT2D eigenvalue weighted by Gasteiger charge is 2.17. The van der Waals surface area contributed by atoms with Crippen LogP contribution in [-0.4, -0.2) is 50.9 Å². The van der Waals surface area contributed by atoms with E-state index in [1.807, 2.05) is 40.6 Å². The van der Waals surface area contributed by atoms with Crippen LogP contribution in [0.4, 0.5) is 21.5 Å². The first-order valence-electron chi connectivity index (χ1n) is 9.81. The predicted molar refractivity (Wildman–Crippen MR) is 144 cm³/mol. The number of halogens is 3. The maximum atomic E-state index is 12.6. The van der Waals surface area contributed by atoms with Crippen molar-refractivity contribution < 1.29 is 23.7 Å². The Morgan fingerprint density at radius 3 is 1.88 bits per heavy atom. The van der Waals surface area contributed by atoms with Crippen molar-refractivity contribution in [2.24, 2.45) is 0 Å². The minimum Gasteiger partial charge on any atom is -0.385 e. The van der Waals surface area contributed by atoms with Crippen LogP contribution in [0.3, 0.4) is 0 Å². The molecule has 0 aliphatic heterocycles. The molecule has 2 aromatic carbocycles. The first-order chi connectivity index (χ1) is 15.6. The van der Waals surface area contributed by atoms with Gasteiger partial charge in [-0.2, -0.15) is 4.39 Å². The van der Waals surface area contributed by atoms with Crippen LogP contribution in [0.5, 0.6) is 0 Å². The number of unbranched alkanes of at least 4 members (excludes halogenated alkanes) is 1. The van der Waals surface area contributed by atoms with E-state index in [4.69, 9.17) is 9.47 Å². The lowest BCUT2D eigenvalue weighted by atomic mass is 10.2. The van der Waals surface area contributed by atoms with E-state index < -0.39 is 16.4 Å². The van der Waals surface area contributed by atoms with Crippen molar-refractivity contribution in [2.45, 2.75) is 19.8 Å². The third-order valence-corrected chi connectivity index (χ3v) is 5.33. The van der Waals surface area contributed by atoms with E-state index in [-0.39, 0.29) is 10.6 Å².